The third-order valence-corrected chi connectivity index (χ3v) is 3.88. The topological polar surface area (TPSA) is 61.4 Å². The molecule has 1 heterocycles. The monoisotopic (exact) mass is 303 g/mol. The average molecular weight is 303 g/mol. The average Bonchev–Trinajstić information content (AvgIpc) is 2.77. The first-order chi connectivity index (χ1) is 10.6. The Hall–Kier alpha value is -2.04. The first-order valence-corrected chi connectivity index (χ1v) is 7.99. The molecule has 0 unspecified atom stereocenters. The van der Waals surface area contributed by atoms with Gasteiger partial charge in [-0.25, -0.2) is 0 Å². The molecule has 1 aliphatic heterocycles. The number of anilines is 2. The zero-order valence-corrected chi connectivity index (χ0v) is 13.4. The standard InChI is InChI=1S/C17H25N3O2/c1-13(17(22)20-11-5-3-4-6-12-20)18-15-7-9-16(10-8-15)19-14(2)21/h7-10,13,18H,3-6,11-12H2,1-2H3,(H,19,21)/t13-/m1/s1. The highest BCUT2D eigenvalue weighted by Crippen LogP contribution is 2.16. The zero-order chi connectivity index (χ0) is 15.9. The van der Waals surface area contributed by atoms with Crippen LogP contribution in [0.3, 0.4) is 0 Å². The highest BCUT2D eigenvalue weighted by Gasteiger charge is 2.21. The van der Waals surface area contributed by atoms with Gasteiger partial charge in [0.2, 0.25) is 11.8 Å². The van der Waals surface area contributed by atoms with Crippen LogP contribution in [0.1, 0.15) is 39.5 Å². The highest BCUT2D eigenvalue weighted by molar-refractivity contribution is 5.89. The molecule has 0 aromatic heterocycles. The number of carbonyl (C=O) groups is 2. The SMILES string of the molecule is CC(=O)Nc1ccc(N[C@H](C)C(=O)N2CCCCCC2)cc1. The van der Waals surface area contributed by atoms with Gasteiger partial charge in [-0.2, -0.15) is 0 Å². The Bertz CT molecular complexity index is 505. The van der Waals surface area contributed by atoms with Crippen LogP contribution in [0.5, 0.6) is 0 Å². The fraction of sp³-hybridized carbons (Fsp3) is 0.529. The number of nitrogens with zero attached hydrogens (tertiary/aromatic N) is 1. The predicted molar refractivity (Wildman–Crippen MR) is 88.9 cm³/mol. The van der Waals surface area contributed by atoms with Crippen LogP contribution in [-0.4, -0.2) is 35.8 Å². The summed E-state index contributed by atoms with van der Waals surface area (Å²) < 4.78 is 0. The molecule has 1 fully saturated rings. The van der Waals surface area contributed by atoms with E-state index in [4.69, 9.17) is 0 Å². The summed E-state index contributed by atoms with van der Waals surface area (Å²) >= 11 is 0. The zero-order valence-electron chi connectivity index (χ0n) is 13.4. The Balaban J connectivity index is 1.91. The van der Waals surface area contributed by atoms with E-state index in [2.05, 4.69) is 10.6 Å². The normalized spacial score (nSPS) is 16.5. The third kappa shape index (κ3) is 4.76. The van der Waals surface area contributed by atoms with E-state index in [1.165, 1.54) is 19.8 Å². The van der Waals surface area contributed by atoms with E-state index in [-0.39, 0.29) is 17.9 Å². The molecule has 5 heteroatoms. The second-order valence-corrected chi connectivity index (χ2v) is 5.86. The summed E-state index contributed by atoms with van der Waals surface area (Å²) in [5.41, 5.74) is 1.63. The van der Waals surface area contributed by atoms with E-state index in [0.717, 1.165) is 37.3 Å². The van der Waals surface area contributed by atoms with E-state index in [1.807, 2.05) is 36.1 Å². The van der Waals surface area contributed by atoms with Gasteiger partial charge in [-0.3, -0.25) is 9.59 Å². The number of hydrogen-bond acceptors (Lipinski definition) is 3. The molecule has 5 nitrogen and oxygen atoms in total. The van der Waals surface area contributed by atoms with Crippen LogP contribution in [-0.2, 0) is 9.59 Å². The van der Waals surface area contributed by atoms with Gasteiger partial charge in [0.05, 0.1) is 0 Å². The van der Waals surface area contributed by atoms with Crippen molar-refractivity contribution in [3.8, 4) is 0 Å². The minimum absolute atomic E-state index is 0.0922. The number of benzene rings is 1. The van der Waals surface area contributed by atoms with Crippen LogP contribution >= 0.6 is 0 Å². The van der Waals surface area contributed by atoms with E-state index < -0.39 is 0 Å². The molecule has 1 saturated heterocycles. The lowest BCUT2D eigenvalue weighted by molar-refractivity contribution is -0.131. The molecule has 1 aromatic rings. The van der Waals surface area contributed by atoms with Gasteiger partial charge < -0.3 is 15.5 Å². The van der Waals surface area contributed by atoms with Crippen molar-refractivity contribution in [2.45, 2.75) is 45.6 Å². The van der Waals surface area contributed by atoms with Crippen LogP contribution in [0.15, 0.2) is 24.3 Å². The molecule has 1 aliphatic rings. The largest absolute Gasteiger partial charge is 0.374 e. The lowest BCUT2D eigenvalue weighted by Gasteiger charge is -2.25. The maximum Gasteiger partial charge on any atom is 0.244 e. The smallest absolute Gasteiger partial charge is 0.244 e. The van der Waals surface area contributed by atoms with Crippen molar-refractivity contribution in [1.82, 2.24) is 4.90 Å². The van der Waals surface area contributed by atoms with Gasteiger partial charge in [-0.05, 0) is 44.0 Å². The van der Waals surface area contributed by atoms with E-state index in [9.17, 15) is 9.59 Å². The number of amides is 2. The van der Waals surface area contributed by atoms with Crippen molar-refractivity contribution < 1.29 is 9.59 Å². The van der Waals surface area contributed by atoms with Crippen molar-refractivity contribution >= 4 is 23.2 Å². The summed E-state index contributed by atoms with van der Waals surface area (Å²) in [7, 11) is 0. The molecule has 120 valence electrons. The second kappa shape index (κ2) is 7.82. The first kappa shape index (κ1) is 16.3. The summed E-state index contributed by atoms with van der Waals surface area (Å²) in [6.07, 6.45) is 4.64. The quantitative estimate of drug-likeness (QED) is 0.899. The lowest BCUT2D eigenvalue weighted by atomic mass is 10.2. The molecule has 0 aliphatic carbocycles. The maximum atomic E-state index is 12.5. The lowest BCUT2D eigenvalue weighted by Crippen LogP contribution is -2.41. The Morgan fingerprint density at radius 2 is 1.55 bits per heavy atom. The molecule has 0 spiro atoms. The van der Waals surface area contributed by atoms with Crippen molar-refractivity contribution in [1.29, 1.82) is 0 Å². The van der Waals surface area contributed by atoms with Crippen LogP contribution < -0.4 is 10.6 Å². The molecular formula is C17H25N3O2. The molecule has 0 saturated carbocycles. The first-order valence-electron chi connectivity index (χ1n) is 7.99. The van der Waals surface area contributed by atoms with E-state index in [1.54, 1.807) is 0 Å². The van der Waals surface area contributed by atoms with Gasteiger partial charge in [0.15, 0.2) is 0 Å². The number of likely N-dealkylation sites (tertiary alicyclic amines) is 1. The molecule has 2 rings (SSSR count). The summed E-state index contributed by atoms with van der Waals surface area (Å²) in [6, 6.07) is 7.15. The minimum Gasteiger partial charge on any atom is -0.374 e. The van der Waals surface area contributed by atoms with Crippen molar-refractivity contribution in [2.24, 2.45) is 0 Å². The van der Waals surface area contributed by atoms with Gasteiger partial charge in [0.1, 0.15) is 6.04 Å². The third-order valence-electron chi connectivity index (χ3n) is 3.88. The van der Waals surface area contributed by atoms with Gasteiger partial charge in [0, 0.05) is 31.4 Å². The Labute approximate surface area is 132 Å². The van der Waals surface area contributed by atoms with Crippen molar-refractivity contribution in [2.75, 3.05) is 23.7 Å². The fourth-order valence-corrected chi connectivity index (χ4v) is 2.73. The van der Waals surface area contributed by atoms with Crippen LogP contribution in [0, 0.1) is 0 Å². The van der Waals surface area contributed by atoms with Crippen LogP contribution in [0.2, 0.25) is 0 Å². The Morgan fingerprint density at radius 1 is 1.00 bits per heavy atom. The van der Waals surface area contributed by atoms with Crippen molar-refractivity contribution in [3.05, 3.63) is 24.3 Å². The summed E-state index contributed by atoms with van der Waals surface area (Å²) in [5.74, 6) is 0.0678. The Morgan fingerprint density at radius 3 is 2.09 bits per heavy atom. The number of carbonyl (C=O) groups excluding carboxylic acids is 2. The molecule has 0 bridgehead atoms. The van der Waals surface area contributed by atoms with Gasteiger partial charge in [-0.1, -0.05) is 12.8 Å². The molecule has 2 N–H and O–H groups in total. The van der Waals surface area contributed by atoms with E-state index in [0.29, 0.717) is 0 Å². The number of nitrogens with one attached hydrogen (secondary N) is 2. The fourth-order valence-electron chi connectivity index (χ4n) is 2.73. The molecular weight excluding hydrogens is 278 g/mol. The maximum absolute atomic E-state index is 12.5. The van der Waals surface area contributed by atoms with E-state index >= 15 is 0 Å². The molecule has 1 aromatic carbocycles. The van der Waals surface area contributed by atoms with Crippen molar-refractivity contribution in [3.63, 3.8) is 0 Å². The van der Waals surface area contributed by atoms with Crippen LogP contribution in [0.4, 0.5) is 11.4 Å². The summed E-state index contributed by atoms with van der Waals surface area (Å²) in [4.78, 5) is 25.4. The minimum atomic E-state index is -0.246. The van der Waals surface area contributed by atoms with Gasteiger partial charge >= 0.3 is 0 Å². The van der Waals surface area contributed by atoms with Gasteiger partial charge in [0.25, 0.3) is 0 Å². The predicted octanol–water partition coefficient (Wildman–Crippen LogP) is 2.85. The molecule has 2 amide bonds. The number of rotatable bonds is 4. The summed E-state index contributed by atoms with van der Waals surface area (Å²) in [6.45, 7) is 5.11. The molecule has 22 heavy (non-hydrogen) atoms. The van der Waals surface area contributed by atoms with Crippen LogP contribution in [0.25, 0.3) is 0 Å². The summed E-state index contributed by atoms with van der Waals surface area (Å²) in [5, 5.41) is 5.96. The second-order valence-electron chi connectivity index (χ2n) is 5.86. The molecule has 1 atom stereocenters. The Kier molecular flexibility index (Phi) is 5.81. The highest BCUT2D eigenvalue weighted by atomic mass is 16.2. The van der Waals surface area contributed by atoms with Gasteiger partial charge in [-0.15, -0.1) is 0 Å². The number of hydrogen-bond donors (Lipinski definition) is 2. The molecule has 0 radical (unpaired) electrons.